The molecule has 0 fully saturated rings. The number of hydrogen-bond donors (Lipinski definition) is 2. The quantitative estimate of drug-likeness (QED) is 0.572. The third-order valence-electron chi connectivity index (χ3n) is 3.70. The molecule has 5 nitrogen and oxygen atoms in total. The largest absolute Gasteiger partial charge is 0.370 e. The number of nitrogens with one attached hydrogen (secondary N) is 1. The van der Waals surface area contributed by atoms with Crippen LogP contribution in [0.2, 0.25) is 0 Å². The molecule has 0 atom stereocenters. The molecule has 122 valence electrons. The molecule has 5 heteroatoms. The van der Waals surface area contributed by atoms with Crippen LogP contribution in [0, 0.1) is 13.8 Å². The monoisotopic (exact) mass is 319 g/mol. The van der Waals surface area contributed by atoms with Gasteiger partial charge in [0.05, 0.1) is 17.9 Å². The van der Waals surface area contributed by atoms with Crippen molar-refractivity contribution in [1.82, 2.24) is 9.78 Å². The van der Waals surface area contributed by atoms with Gasteiger partial charge in [-0.1, -0.05) is 36.4 Å². The van der Waals surface area contributed by atoms with E-state index >= 15 is 0 Å². The molecule has 0 saturated carbocycles. The number of aliphatic imine (C=N–C) groups is 1. The van der Waals surface area contributed by atoms with E-state index in [1.807, 2.05) is 73.1 Å². The van der Waals surface area contributed by atoms with Crippen molar-refractivity contribution < 1.29 is 0 Å². The van der Waals surface area contributed by atoms with Gasteiger partial charge in [-0.25, -0.2) is 9.67 Å². The number of anilines is 1. The Morgan fingerprint density at radius 3 is 2.50 bits per heavy atom. The summed E-state index contributed by atoms with van der Waals surface area (Å²) in [4.78, 5) is 4.45. The predicted octanol–water partition coefficient (Wildman–Crippen LogP) is 3.42. The Bertz CT molecular complexity index is 849. The highest BCUT2D eigenvalue weighted by molar-refractivity contribution is 5.92. The van der Waals surface area contributed by atoms with Crippen molar-refractivity contribution >= 4 is 11.6 Å². The van der Waals surface area contributed by atoms with Crippen molar-refractivity contribution in [3.05, 3.63) is 77.6 Å². The number of benzene rings is 2. The van der Waals surface area contributed by atoms with E-state index in [1.165, 1.54) is 0 Å². The Hall–Kier alpha value is -3.08. The minimum absolute atomic E-state index is 0.393. The van der Waals surface area contributed by atoms with Crippen LogP contribution < -0.4 is 11.1 Å². The van der Waals surface area contributed by atoms with Gasteiger partial charge in [0.1, 0.15) is 0 Å². The summed E-state index contributed by atoms with van der Waals surface area (Å²) in [6, 6.07) is 19.9. The van der Waals surface area contributed by atoms with Crippen LogP contribution in [0.3, 0.4) is 0 Å². The average Bonchev–Trinajstić information content (AvgIpc) is 2.92. The fraction of sp³-hybridized carbons (Fsp3) is 0.158. The van der Waals surface area contributed by atoms with Crippen molar-refractivity contribution in [1.29, 1.82) is 0 Å². The van der Waals surface area contributed by atoms with Gasteiger partial charge < -0.3 is 11.1 Å². The van der Waals surface area contributed by atoms with Gasteiger partial charge in [-0.3, -0.25) is 0 Å². The molecule has 2 aromatic carbocycles. The zero-order chi connectivity index (χ0) is 16.9. The summed E-state index contributed by atoms with van der Waals surface area (Å²) in [6.45, 7) is 4.53. The average molecular weight is 319 g/mol. The van der Waals surface area contributed by atoms with Gasteiger partial charge in [0.2, 0.25) is 0 Å². The predicted molar refractivity (Wildman–Crippen MR) is 98.4 cm³/mol. The summed E-state index contributed by atoms with van der Waals surface area (Å²) in [5.41, 5.74) is 11.1. The zero-order valence-electron chi connectivity index (χ0n) is 13.9. The summed E-state index contributed by atoms with van der Waals surface area (Å²) in [7, 11) is 0. The molecule has 0 aliphatic heterocycles. The Morgan fingerprint density at radius 1 is 1.08 bits per heavy atom. The fourth-order valence-electron chi connectivity index (χ4n) is 2.60. The molecule has 3 aromatic rings. The second-order valence-electron chi connectivity index (χ2n) is 5.66. The van der Waals surface area contributed by atoms with Crippen LogP contribution >= 0.6 is 0 Å². The molecule has 0 amide bonds. The molecule has 0 radical (unpaired) electrons. The molecule has 1 aromatic heterocycles. The molecule has 0 bridgehead atoms. The third-order valence-corrected chi connectivity index (χ3v) is 3.70. The molecule has 0 unspecified atom stereocenters. The lowest BCUT2D eigenvalue weighted by Gasteiger charge is -2.10. The van der Waals surface area contributed by atoms with Crippen molar-refractivity contribution in [2.24, 2.45) is 10.7 Å². The van der Waals surface area contributed by atoms with E-state index in [4.69, 9.17) is 5.73 Å². The summed E-state index contributed by atoms with van der Waals surface area (Å²) in [6.07, 6.45) is 0. The van der Waals surface area contributed by atoms with Gasteiger partial charge in [-0.05, 0) is 43.7 Å². The second kappa shape index (κ2) is 7.00. The second-order valence-corrected chi connectivity index (χ2v) is 5.66. The first-order chi connectivity index (χ1) is 11.6. The lowest BCUT2D eigenvalue weighted by atomic mass is 10.2. The molecule has 0 spiro atoms. The lowest BCUT2D eigenvalue weighted by Crippen LogP contribution is -2.22. The standard InChI is InChI=1S/C19H21N5/c1-14-12-15(2)24(23-14)18-11-7-6-8-16(18)13-21-19(20)22-17-9-4-3-5-10-17/h3-12H,13H2,1-2H3,(H3,20,21,22). The van der Waals surface area contributed by atoms with Crippen LogP contribution in [-0.2, 0) is 6.54 Å². The van der Waals surface area contributed by atoms with E-state index in [2.05, 4.69) is 21.5 Å². The number of nitrogens with two attached hydrogens (primary N) is 1. The molecule has 0 saturated heterocycles. The number of hydrogen-bond acceptors (Lipinski definition) is 2. The molecule has 24 heavy (non-hydrogen) atoms. The van der Waals surface area contributed by atoms with Gasteiger partial charge in [0.25, 0.3) is 0 Å². The Labute approximate surface area is 141 Å². The van der Waals surface area contributed by atoms with Crippen LogP contribution in [0.1, 0.15) is 17.0 Å². The van der Waals surface area contributed by atoms with Crippen LogP contribution in [0.25, 0.3) is 5.69 Å². The Morgan fingerprint density at radius 2 is 1.79 bits per heavy atom. The van der Waals surface area contributed by atoms with Crippen LogP contribution in [0.5, 0.6) is 0 Å². The number of guanidine groups is 1. The maximum Gasteiger partial charge on any atom is 0.193 e. The van der Waals surface area contributed by atoms with E-state index in [9.17, 15) is 0 Å². The maximum atomic E-state index is 5.99. The van der Waals surface area contributed by atoms with Crippen molar-refractivity contribution in [3.8, 4) is 5.69 Å². The van der Waals surface area contributed by atoms with Crippen LogP contribution in [-0.4, -0.2) is 15.7 Å². The van der Waals surface area contributed by atoms with Gasteiger partial charge in [0, 0.05) is 11.4 Å². The Balaban J connectivity index is 1.81. The first kappa shape index (κ1) is 15.8. The highest BCUT2D eigenvalue weighted by Crippen LogP contribution is 2.18. The van der Waals surface area contributed by atoms with Gasteiger partial charge in [0.15, 0.2) is 5.96 Å². The third kappa shape index (κ3) is 3.63. The molecular formula is C19H21N5. The van der Waals surface area contributed by atoms with Crippen molar-refractivity contribution in [2.45, 2.75) is 20.4 Å². The molecule has 0 aliphatic carbocycles. The summed E-state index contributed by atoms with van der Waals surface area (Å²) in [5, 5.41) is 7.65. The number of para-hydroxylation sites is 2. The summed E-state index contributed by atoms with van der Waals surface area (Å²) in [5.74, 6) is 0.393. The zero-order valence-corrected chi connectivity index (χ0v) is 13.9. The van der Waals surface area contributed by atoms with Gasteiger partial charge >= 0.3 is 0 Å². The molecule has 0 aliphatic rings. The van der Waals surface area contributed by atoms with E-state index in [1.54, 1.807) is 0 Å². The van der Waals surface area contributed by atoms with Crippen LogP contribution in [0.4, 0.5) is 5.69 Å². The number of aromatic nitrogens is 2. The van der Waals surface area contributed by atoms with E-state index in [-0.39, 0.29) is 0 Å². The smallest absolute Gasteiger partial charge is 0.193 e. The van der Waals surface area contributed by atoms with Gasteiger partial charge in [-0.15, -0.1) is 0 Å². The SMILES string of the molecule is Cc1cc(C)n(-c2ccccc2CN=C(N)Nc2ccccc2)n1. The van der Waals surface area contributed by atoms with Crippen molar-refractivity contribution in [3.63, 3.8) is 0 Å². The fourth-order valence-corrected chi connectivity index (χ4v) is 2.60. The van der Waals surface area contributed by atoms with Gasteiger partial charge in [-0.2, -0.15) is 5.10 Å². The lowest BCUT2D eigenvalue weighted by molar-refractivity contribution is 0.818. The maximum absolute atomic E-state index is 5.99. The number of nitrogens with zero attached hydrogens (tertiary/aromatic N) is 3. The Kier molecular flexibility index (Phi) is 4.61. The first-order valence-corrected chi connectivity index (χ1v) is 7.87. The molecular weight excluding hydrogens is 298 g/mol. The number of aryl methyl sites for hydroxylation is 2. The first-order valence-electron chi connectivity index (χ1n) is 7.87. The molecule has 3 rings (SSSR count). The van der Waals surface area contributed by atoms with E-state index in [0.29, 0.717) is 12.5 Å². The summed E-state index contributed by atoms with van der Waals surface area (Å²) < 4.78 is 1.95. The highest BCUT2D eigenvalue weighted by Gasteiger charge is 2.08. The molecule has 3 N–H and O–H groups in total. The molecule has 1 heterocycles. The normalized spacial score (nSPS) is 11.5. The van der Waals surface area contributed by atoms with E-state index in [0.717, 1.165) is 28.3 Å². The topological polar surface area (TPSA) is 68.2 Å². The van der Waals surface area contributed by atoms with Crippen LogP contribution in [0.15, 0.2) is 65.7 Å². The number of rotatable bonds is 4. The minimum Gasteiger partial charge on any atom is -0.370 e. The van der Waals surface area contributed by atoms with E-state index < -0.39 is 0 Å². The highest BCUT2D eigenvalue weighted by atomic mass is 15.3. The van der Waals surface area contributed by atoms with Crippen molar-refractivity contribution in [2.75, 3.05) is 5.32 Å². The minimum atomic E-state index is 0.393. The summed E-state index contributed by atoms with van der Waals surface area (Å²) >= 11 is 0.